The van der Waals surface area contributed by atoms with Crippen molar-refractivity contribution in [3.63, 3.8) is 0 Å². The number of carbonyl (C=O) groups is 2. The van der Waals surface area contributed by atoms with Crippen LogP contribution in [-0.4, -0.2) is 77.5 Å². The number of piperazine rings is 1. The summed E-state index contributed by atoms with van der Waals surface area (Å²) in [6.07, 6.45) is 0. The van der Waals surface area contributed by atoms with Crippen LogP contribution in [0.4, 0.5) is 5.82 Å². The predicted octanol–water partition coefficient (Wildman–Crippen LogP) is 0.0593. The Bertz CT molecular complexity index is 1090. The van der Waals surface area contributed by atoms with E-state index in [4.69, 9.17) is 22.1 Å². The molecule has 1 aliphatic heterocycles. The number of H-pyrrole nitrogens is 1. The molecule has 0 aliphatic carbocycles. The Balaban J connectivity index is 1.67. The average Bonchev–Trinajstić information content (AvgIpc) is 2.74. The second-order valence-corrected chi connectivity index (χ2v) is 7.54. The van der Waals surface area contributed by atoms with E-state index in [-0.39, 0.29) is 37.0 Å². The third-order valence-corrected chi connectivity index (χ3v) is 5.50. The van der Waals surface area contributed by atoms with Crippen LogP contribution in [0.2, 0.25) is 5.02 Å². The maximum atomic E-state index is 12.8. The van der Waals surface area contributed by atoms with E-state index in [2.05, 4.69) is 4.98 Å². The van der Waals surface area contributed by atoms with E-state index in [1.807, 2.05) is 4.90 Å². The molecule has 10 nitrogen and oxygen atoms in total. The number of nitrogen functional groups attached to an aromatic ring is 1. The number of carbonyl (C=O) groups excluding carboxylic acids is 2. The maximum Gasteiger partial charge on any atom is 0.330 e. The van der Waals surface area contributed by atoms with E-state index in [1.165, 1.54) is 7.11 Å². The first-order valence-corrected chi connectivity index (χ1v) is 10.1. The molecule has 166 valence electrons. The van der Waals surface area contributed by atoms with Gasteiger partial charge in [0, 0.05) is 33.3 Å². The van der Waals surface area contributed by atoms with Gasteiger partial charge in [-0.3, -0.25) is 28.8 Å². The zero-order valence-corrected chi connectivity index (χ0v) is 17.9. The molecule has 1 amide bonds. The van der Waals surface area contributed by atoms with Crippen molar-refractivity contribution in [1.82, 2.24) is 19.4 Å². The molecule has 0 spiro atoms. The lowest BCUT2D eigenvalue weighted by Crippen LogP contribution is -2.50. The van der Waals surface area contributed by atoms with Gasteiger partial charge in [-0.05, 0) is 12.1 Å². The minimum absolute atomic E-state index is 0.0517. The average molecular weight is 450 g/mol. The van der Waals surface area contributed by atoms with E-state index in [0.29, 0.717) is 36.8 Å². The minimum atomic E-state index is -0.811. The van der Waals surface area contributed by atoms with Crippen LogP contribution in [0.5, 0.6) is 0 Å². The van der Waals surface area contributed by atoms with Crippen molar-refractivity contribution in [3.05, 3.63) is 61.3 Å². The molecule has 1 fully saturated rings. The third-order valence-electron chi connectivity index (χ3n) is 5.17. The Morgan fingerprint density at radius 1 is 1.16 bits per heavy atom. The number of nitrogens with one attached hydrogen (secondary N) is 1. The Morgan fingerprint density at radius 2 is 1.84 bits per heavy atom. The van der Waals surface area contributed by atoms with Crippen LogP contribution < -0.4 is 17.0 Å². The van der Waals surface area contributed by atoms with Crippen LogP contribution >= 0.6 is 11.6 Å². The van der Waals surface area contributed by atoms with Crippen LogP contribution in [0.3, 0.4) is 0 Å². The largest absolute Gasteiger partial charge is 0.384 e. The number of amides is 1. The van der Waals surface area contributed by atoms with Crippen LogP contribution in [0, 0.1) is 0 Å². The number of benzene rings is 1. The summed E-state index contributed by atoms with van der Waals surface area (Å²) in [6.45, 7) is 1.98. The highest BCUT2D eigenvalue weighted by molar-refractivity contribution is 6.33. The summed E-state index contributed by atoms with van der Waals surface area (Å²) in [7, 11) is 1.47. The summed E-state index contributed by atoms with van der Waals surface area (Å²) in [4.78, 5) is 55.3. The molecule has 1 aromatic heterocycles. The van der Waals surface area contributed by atoms with Gasteiger partial charge in [0.05, 0.1) is 30.3 Å². The summed E-state index contributed by atoms with van der Waals surface area (Å²) in [6, 6.07) is 6.85. The normalized spacial score (nSPS) is 14.6. The van der Waals surface area contributed by atoms with Crippen molar-refractivity contribution in [1.29, 1.82) is 0 Å². The SMILES string of the molecule is COCCn1c(N)c(C(=O)CN2CCN(C(=O)c3ccccc3Cl)CC2)c(=O)[nH]c1=O. The predicted molar refractivity (Wildman–Crippen MR) is 116 cm³/mol. The topological polar surface area (TPSA) is 131 Å². The van der Waals surface area contributed by atoms with Crippen molar-refractivity contribution >= 4 is 29.1 Å². The summed E-state index contributed by atoms with van der Waals surface area (Å²) in [5.74, 6) is -0.832. The molecular weight excluding hydrogens is 426 g/mol. The van der Waals surface area contributed by atoms with Gasteiger partial charge < -0.3 is 15.4 Å². The number of nitrogens with two attached hydrogens (primary N) is 1. The molecule has 3 rings (SSSR count). The van der Waals surface area contributed by atoms with Gasteiger partial charge in [0.15, 0.2) is 5.78 Å². The first-order valence-electron chi connectivity index (χ1n) is 9.74. The van der Waals surface area contributed by atoms with E-state index >= 15 is 0 Å². The first kappa shape index (κ1) is 22.7. The number of hydrogen-bond acceptors (Lipinski definition) is 7. The summed E-state index contributed by atoms with van der Waals surface area (Å²) < 4.78 is 6.05. The molecule has 1 aliphatic rings. The number of nitrogens with zero attached hydrogens (tertiary/aromatic N) is 3. The monoisotopic (exact) mass is 449 g/mol. The summed E-state index contributed by atoms with van der Waals surface area (Å²) in [5.41, 5.74) is 4.64. The maximum absolute atomic E-state index is 12.8. The van der Waals surface area contributed by atoms with Crippen molar-refractivity contribution in [2.45, 2.75) is 6.54 Å². The van der Waals surface area contributed by atoms with Gasteiger partial charge in [-0.1, -0.05) is 23.7 Å². The Kier molecular flexibility index (Phi) is 7.26. The van der Waals surface area contributed by atoms with E-state index in [0.717, 1.165) is 4.57 Å². The molecule has 11 heteroatoms. The molecular formula is C20H24ClN5O5. The van der Waals surface area contributed by atoms with Crippen molar-refractivity contribution in [2.24, 2.45) is 0 Å². The molecule has 1 saturated heterocycles. The van der Waals surface area contributed by atoms with Crippen LogP contribution in [0.15, 0.2) is 33.9 Å². The molecule has 0 atom stereocenters. The number of hydrogen-bond donors (Lipinski definition) is 2. The highest BCUT2D eigenvalue weighted by atomic mass is 35.5. The number of halogens is 1. The molecule has 3 N–H and O–H groups in total. The second-order valence-electron chi connectivity index (χ2n) is 7.14. The first-order chi connectivity index (χ1) is 14.8. The Morgan fingerprint density at radius 3 is 2.48 bits per heavy atom. The van der Waals surface area contributed by atoms with Gasteiger partial charge in [0.2, 0.25) is 0 Å². The highest BCUT2D eigenvalue weighted by Gasteiger charge is 2.26. The summed E-state index contributed by atoms with van der Waals surface area (Å²) >= 11 is 6.11. The van der Waals surface area contributed by atoms with Gasteiger partial charge in [0.1, 0.15) is 11.4 Å². The Labute approximate surface area is 183 Å². The van der Waals surface area contributed by atoms with E-state index in [1.54, 1.807) is 29.2 Å². The molecule has 0 saturated carbocycles. The van der Waals surface area contributed by atoms with Gasteiger partial charge in [0.25, 0.3) is 11.5 Å². The van der Waals surface area contributed by atoms with Crippen LogP contribution in [0.25, 0.3) is 0 Å². The fraction of sp³-hybridized carbons (Fsp3) is 0.400. The van der Waals surface area contributed by atoms with Gasteiger partial charge in [-0.15, -0.1) is 0 Å². The minimum Gasteiger partial charge on any atom is -0.384 e. The lowest BCUT2D eigenvalue weighted by Gasteiger charge is -2.34. The lowest BCUT2D eigenvalue weighted by atomic mass is 10.1. The molecule has 0 radical (unpaired) electrons. The molecule has 1 aromatic carbocycles. The molecule has 2 heterocycles. The second kappa shape index (κ2) is 9.90. The molecule has 0 unspecified atom stereocenters. The molecule has 2 aromatic rings. The number of Topliss-reactive ketones (excluding diaryl/α,β-unsaturated/α-hetero) is 1. The van der Waals surface area contributed by atoms with Crippen LogP contribution in [0.1, 0.15) is 20.7 Å². The van der Waals surface area contributed by atoms with Gasteiger partial charge >= 0.3 is 5.69 Å². The van der Waals surface area contributed by atoms with Crippen molar-refractivity contribution in [3.8, 4) is 0 Å². The van der Waals surface area contributed by atoms with E-state index in [9.17, 15) is 19.2 Å². The standard InChI is InChI=1S/C20H24ClN5O5/c1-31-11-10-26-17(22)16(18(28)23-20(26)30)15(27)12-24-6-8-25(9-7-24)19(29)13-4-2-3-5-14(13)21/h2-5H,6-12,22H2,1H3,(H,23,28,30). The third kappa shape index (κ3) is 5.04. The fourth-order valence-electron chi connectivity index (χ4n) is 3.46. The quantitative estimate of drug-likeness (QED) is 0.571. The van der Waals surface area contributed by atoms with Crippen molar-refractivity contribution in [2.75, 3.05) is 52.2 Å². The smallest absolute Gasteiger partial charge is 0.330 e. The lowest BCUT2D eigenvalue weighted by molar-refractivity contribution is 0.0624. The zero-order chi connectivity index (χ0) is 22.5. The van der Waals surface area contributed by atoms with Crippen LogP contribution in [-0.2, 0) is 11.3 Å². The van der Waals surface area contributed by atoms with E-state index < -0.39 is 17.0 Å². The fourth-order valence-corrected chi connectivity index (χ4v) is 3.67. The number of anilines is 1. The van der Waals surface area contributed by atoms with Gasteiger partial charge in [-0.25, -0.2) is 4.79 Å². The van der Waals surface area contributed by atoms with Gasteiger partial charge in [-0.2, -0.15) is 0 Å². The number of ether oxygens (including phenoxy) is 1. The number of rotatable bonds is 7. The Hall–Kier alpha value is -2.95. The molecule has 31 heavy (non-hydrogen) atoms. The highest BCUT2D eigenvalue weighted by Crippen LogP contribution is 2.18. The zero-order valence-electron chi connectivity index (χ0n) is 17.1. The summed E-state index contributed by atoms with van der Waals surface area (Å²) in [5, 5.41) is 0.392. The number of methoxy groups -OCH3 is 1. The number of ketones is 1. The number of aromatic amines is 1. The molecule has 0 bridgehead atoms. The van der Waals surface area contributed by atoms with Crippen molar-refractivity contribution < 1.29 is 14.3 Å². The number of aromatic nitrogens is 2.